The molecule has 1 saturated carbocycles. The molecule has 148 valence electrons. The maximum Gasteiger partial charge on any atom is 0.163 e. The van der Waals surface area contributed by atoms with Crippen LogP contribution in [0.3, 0.4) is 0 Å². The van der Waals surface area contributed by atoms with Crippen LogP contribution in [0.4, 0.5) is 8.78 Å². The van der Waals surface area contributed by atoms with Crippen LogP contribution in [0.5, 0.6) is 0 Å². The predicted molar refractivity (Wildman–Crippen MR) is 106 cm³/mol. The molecular formula is C23H37F2N. The Bertz CT molecular complexity index is 509. The monoisotopic (exact) mass is 365 g/mol. The average molecular weight is 366 g/mol. The highest BCUT2D eigenvalue weighted by atomic mass is 19.2. The molecule has 0 unspecified atom stereocenters. The largest absolute Gasteiger partial charge is 0.310 e. The maximum absolute atomic E-state index is 14.3. The molecule has 26 heavy (non-hydrogen) atoms. The van der Waals surface area contributed by atoms with E-state index in [1.54, 1.807) is 12.1 Å². The molecule has 1 aromatic rings. The summed E-state index contributed by atoms with van der Waals surface area (Å²) in [6.07, 6.45) is 16.5. The lowest BCUT2D eigenvalue weighted by atomic mass is 9.95. The van der Waals surface area contributed by atoms with Crippen LogP contribution in [0.15, 0.2) is 12.1 Å². The highest BCUT2D eigenvalue weighted by Crippen LogP contribution is 2.21. The molecule has 1 aromatic carbocycles. The molecule has 1 nitrogen and oxygen atoms in total. The van der Waals surface area contributed by atoms with Gasteiger partial charge in [-0.15, -0.1) is 0 Å². The zero-order chi connectivity index (χ0) is 18.6. The van der Waals surface area contributed by atoms with Crippen molar-refractivity contribution >= 4 is 0 Å². The van der Waals surface area contributed by atoms with Gasteiger partial charge in [-0.05, 0) is 31.2 Å². The van der Waals surface area contributed by atoms with Crippen LogP contribution in [-0.4, -0.2) is 6.04 Å². The lowest BCUT2D eigenvalue weighted by Gasteiger charge is -2.23. The van der Waals surface area contributed by atoms with Crippen LogP contribution in [0.2, 0.25) is 0 Å². The molecule has 0 radical (unpaired) electrons. The Morgan fingerprint density at radius 1 is 0.808 bits per heavy atom. The van der Waals surface area contributed by atoms with Gasteiger partial charge in [-0.25, -0.2) is 8.78 Å². The zero-order valence-corrected chi connectivity index (χ0v) is 16.6. The summed E-state index contributed by atoms with van der Waals surface area (Å²) in [4.78, 5) is 0. The fraction of sp³-hybridized carbons (Fsp3) is 0.739. The van der Waals surface area contributed by atoms with Gasteiger partial charge >= 0.3 is 0 Å². The second kappa shape index (κ2) is 12.4. The van der Waals surface area contributed by atoms with Crippen LogP contribution >= 0.6 is 0 Å². The molecule has 1 aliphatic rings. The quantitative estimate of drug-likeness (QED) is 0.391. The Morgan fingerprint density at radius 3 is 2.08 bits per heavy atom. The van der Waals surface area contributed by atoms with Crippen LogP contribution in [0.1, 0.15) is 102 Å². The topological polar surface area (TPSA) is 12.0 Å². The van der Waals surface area contributed by atoms with E-state index in [-0.39, 0.29) is 0 Å². The van der Waals surface area contributed by atoms with E-state index >= 15 is 0 Å². The lowest BCUT2D eigenvalue weighted by molar-refractivity contribution is 0.368. The van der Waals surface area contributed by atoms with Gasteiger partial charge in [-0.1, -0.05) is 83.3 Å². The third-order valence-electron chi connectivity index (χ3n) is 5.73. The second-order valence-corrected chi connectivity index (χ2v) is 7.95. The van der Waals surface area contributed by atoms with Gasteiger partial charge in [0.2, 0.25) is 0 Å². The number of benzene rings is 1. The van der Waals surface area contributed by atoms with Crippen molar-refractivity contribution in [3.63, 3.8) is 0 Å². The van der Waals surface area contributed by atoms with E-state index in [1.165, 1.54) is 57.8 Å². The van der Waals surface area contributed by atoms with Crippen molar-refractivity contribution in [1.29, 1.82) is 0 Å². The van der Waals surface area contributed by atoms with Gasteiger partial charge < -0.3 is 5.32 Å². The molecule has 3 heteroatoms. The third kappa shape index (κ3) is 7.34. The molecule has 0 amide bonds. The summed E-state index contributed by atoms with van der Waals surface area (Å²) < 4.78 is 28.7. The first-order valence-corrected chi connectivity index (χ1v) is 10.9. The number of nitrogens with one attached hydrogen (secondary N) is 1. The van der Waals surface area contributed by atoms with Crippen molar-refractivity contribution in [2.45, 2.75) is 109 Å². The molecule has 1 N–H and O–H groups in total. The molecule has 0 atom stereocenters. The van der Waals surface area contributed by atoms with Crippen LogP contribution in [-0.2, 0) is 13.0 Å². The molecule has 2 rings (SSSR count). The molecule has 0 aromatic heterocycles. The molecule has 0 spiro atoms. The standard InChI is InChI=1S/C23H37F2N/c1-2-3-4-5-6-7-8-10-13-19-16-17-20(23(25)22(19)24)18-26-21-14-11-9-12-15-21/h16-17,21,26H,2-15,18H2,1H3. The fourth-order valence-electron chi connectivity index (χ4n) is 3.97. The van der Waals surface area contributed by atoms with Crippen LogP contribution < -0.4 is 5.32 Å². The smallest absolute Gasteiger partial charge is 0.163 e. The zero-order valence-electron chi connectivity index (χ0n) is 16.6. The van der Waals surface area contributed by atoms with Crippen molar-refractivity contribution in [3.05, 3.63) is 34.9 Å². The minimum absolute atomic E-state index is 0.436. The van der Waals surface area contributed by atoms with Gasteiger partial charge in [0.05, 0.1) is 0 Å². The number of rotatable bonds is 12. The Hall–Kier alpha value is -0.960. The van der Waals surface area contributed by atoms with Crippen molar-refractivity contribution in [3.8, 4) is 0 Å². The first kappa shape index (κ1) is 21.3. The first-order valence-electron chi connectivity index (χ1n) is 10.9. The Balaban J connectivity index is 1.70. The van der Waals surface area contributed by atoms with E-state index in [1.807, 2.05) is 0 Å². The minimum atomic E-state index is -0.648. The van der Waals surface area contributed by atoms with E-state index in [4.69, 9.17) is 0 Å². The predicted octanol–water partition coefficient (Wildman–Crippen LogP) is 7.07. The Kier molecular flexibility index (Phi) is 10.2. The number of hydrogen-bond donors (Lipinski definition) is 1. The van der Waals surface area contributed by atoms with Crippen molar-refractivity contribution in [1.82, 2.24) is 5.32 Å². The van der Waals surface area contributed by atoms with Gasteiger partial charge in [0.25, 0.3) is 0 Å². The molecule has 0 bridgehead atoms. The summed E-state index contributed by atoms with van der Waals surface area (Å²) in [5, 5.41) is 3.40. The number of halogens is 2. The fourth-order valence-corrected chi connectivity index (χ4v) is 3.97. The van der Waals surface area contributed by atoms with E-state index in [0.29, 0.717) is 30.1 Å². The Labute approximate surface area is 159 Å². The minimum Gasteiger partial charge on any atom is -0.310 e. The van der Waals surface area contributed by atoms with Crippen LogP contribution in [0, 0.1) is 11.6 Å². The molecular weight excluding hydrogens is 328 g/mol. The van der Waals surface area contributed by atoms with Gasteiger partial charge in [-0.2, -0.15) is 0 Å². The SMILES string of the molecule is CCCCCCCCCCc1ccc(CNC2CCCCC2)c(F)c1F. The maximum atomic E-state index is 14.3. The highest BCUT2D eigenvalue weighted by molar-refractivity contribution is 5.26. The summed E-state index contributed by atoms with van der Waals surface area (Å²) >= 11 is 0. The second-order valence-electron chi connectivity index (χ2n) is 7.95. The molecule has 0 saturated heterocycles. The van der Waals surface area contributed by atoms with Crippen LogP contribution in [0.25, 0.3) is 0 Å². The highest BCUT2D eigenvalue weighted by Gasteiger charge is 2.16. The van der Waals surface area contributed by atoms with E-state index in [9.17, 15) is 8.78 Å². The average Bonchev–Trinajstić information content (AvgIpc) is 2.67. The van der Waals surface area contributed by atoms with Gasteiger partial charge in [0.15, 0.2) is 11.6 Å². The van der Waals surface area contributed by atoms with E-state index < -0.39 is 11.6 Å². The normalized spacial score (nSPS) is 15.5. The summed E-state index contributed by atoms with van der Waals surface area (Å²) in [5.41, 5.74) is 1.00. The first-order chi connectivity index (χ1) is 12.7. The van der Waals surface area contributed by atoms with Gasteiger partial charge in [0.1, 0.15) is 0 Å². The molecule has 1 aliphatic carbocycles. The summed E-state index contributed by atoms with van der Waals surface area (Å²) in [7, 11) is 0. The third-order valence-corrected chi connectivity index (χ3v) is 5.73. The van der Waals surface area contributed by atoms with Crippen molar-refractivity contribution in [2.24, 2.45) is 0 Å². The van der Waals surface area contributed by atoms with Gasteiger partial charge in [-0.3, -0.25) is 0 Å². The lowest BCUT2D eigenvalue weighted by Crippen LogP contribution is -2.30. The van der Waals surface area contributed by atoms with Crippen molar-refractivity contribution < 1.29 is 8.78 Å². The molecule has 0 aliphatic heterocycles. The molecule has 1 fully saturated rings. The van der Waals surface area contributed by atoms with E-state index in [2.05, 4.69) is 12.2 Å². The number of unbranched alkanes of at least 4 members (excludes halogenated alkanes) is 7. The van der Waals surface area contributed by atoms with Crippen molar-refractivity contribution in [2.75, 3.05) is 0 Å². The Morgan fingerprint density at radius 2 is 1.38 bits per heavy atom. The van der Waals surface area contributed by atoms with E-state index in [0.717, 1.165) is 25.7 Å². The summed E-state index contributed by atoms with van der Waals surface area (Å²) in [6, 6.07) is 4.02. The number of hydrogen-bond acceptors (Lipinski definition) is 1. The summed E-state index contributed by atoms with van der Waals surface area (Å²) in [6.45, 7) is 2.66. The summed E-state index contributed by atoms with van der Waals surface area (Å²) in [5.74, 6) is -1.28. The molecule has 0 heterocycles. The van der Waals surface area contributed by atoms with Gasteiger partial charge in [0, 0.05) is 18.2 Å². The number of aryl methyl sites for hydroxylation is 1.